The predicted molar refractivity (Wildman–Crippen MR) is 93.2 cm³/mol. The number of anilines is 2. The van der Waals surface area contributed by atoms with Gasteiger partial charge in [0.15, 0.2) is 0 Å². The maximum Gasteiger partial charge on any atom is 0.103 e. The quantitative estimate of drug-likeness (QED) is 0.699. The van der Waals surface area contributed by atoms with Crippen LogP contribution in [0.4, 0.5) is 11.4 Å². The Labute approximate surface area is 140 Å². The average Bonchev–Trinajstić information content (AvgIpc) is 2.48. The van der Waals surface area contributed by atoms with Crippen LogP contribution in [-0.2, 0) is 0 Å². The summed E-state index contributed by atoms with van der Waals surface area (Å²) in [6.07, 6.45) is 1.58. The van der Waals surface area contributed by atoms with Crippen molar-refractivity contribution in [1.29, 1.82) is 5.26 Å². The second kappa shape index (κ2) is 6.65. The Morgan fingerprint density at radius 3 is 2.73 bits per heavy atom. The van der Waals surface area contributed by atoms with Crippen molar-refractivity contribution in [2.45, 2.75) is 6.92 Å². The Morgan fingerprint density at radius 1 is 1.18 bits per heavy atom. The standard InChI is InChI=1S/C17H12ClN3.ClH/c1-11-3-2-4-14(7-11)21-17-12(9-19)10-20-16-6-5-13(18)8-15(16)17;/h2-8,10H,1H3,(H,20,21);1H. The summed E-state index contributed by atoms with van der Waals surface area (Å²) in [5.74, 6) is 0. The number of halogens is 2. The molecule has 2 aromatic carbocycles. The van der Waals surface area contributed by atoms with Crippen molar-refractivity contribution in [3.8, 4) is 6.07 Å². The minimum absolute atomic E-state index is 0. The second-order valence-electron chi connectivity index (χ2n) is 4.81. The first-order valence-corrected chi connectivity index (χ1v) is 6.87. The molecule has 0 aliphatic heterocycles. The van der Waals surface area contributed by atoms with Crippen molar-refractivity contribution >= 4 is 46.3 Å². The Balaban J connectivity index is 0.00000176. The van der Waals surface area contributed by atoms with E-state index in [1.165, 1.54) is 0 Å². The zero-order valence-electron chi connectivity index (χ0n) is 11.8. The SMILES string of the molecule is Cc1cccc(Nc2c(C#N)cnc3ccc(Cl)cc23)c1.Cl. The fourth-order valence-corrected chi connectivity index (χ4v) is 2.42. The van der Waals surface area contributed by atoms with Gasteiger partial charge in [-0.25, -0.2) is 0 Å². The van der Waals surface area contributed by atoms with Crippen molar-refractivity contribution in [1.82, 2.24) is 4.98 Å². The zero-order chi connectivity index (χ0) is 14.8. The van der Waals surface area contributed by atoms with Crippen LogP contribution < -0.4 is 5.32 Å². The summed E-state index contributed by atoms with van der Waals surface area (Å²) in [7, 11) is 0. The smallest absolute Gasteiger partial charge is 0.103 e. The third-order valence-electron chi connectivity index (χ3n) is 3.24. The van der Waals surface area contributed by atoms with Gasteiger partial charge in [0.25, 0.3) is 0 Å². The highest BCUT2D eigenvalue weighted by Gasteiger charge is 2.09. The molecule has 1 N–H and O–H groups in total. The molecule has 0 radical (unpaired) electrons. The Morgan fingerprint density at radius 2 is 2.00 bits per heavy atom. The first kappa shape index (κ1) is 16.1. The summed E-state index contributed by atoms with van der Waals surface area (Å²) < 4.78 is 0. The minimum Gasteiger partial charge on any atom is -0.354 e. The highest BCUT2D eigenvalue weighted by Crippen LogP contribution is 2.30. The summed E-state index contributed by atoms with van der Waals surface area (Å²) in [5, 5.41) is 14.1. The molecule has 0 aliphatic rings. The number of pyridine rings is 1. The average molecular weight is 330 g/mol. The second-order valence-corrected chi connectivity index (χ2v) is 5.25. The summed E-state index contributed by atoms with van der Waals surface area (Å²) in [6.45, 7) is 2.03. The number of nitrogens with zero attached hydrogens (tertiary/aromatic N) is 2. The van der Waals surface area contributed by atoms with Gasteiger partial charge in [0, 0.05) is 22.3 Å². The molecular weight excluding hydrogens is 317 g/mol. The van der Waals surface area contributed by atoms with E-state index in [1.54, 1.807) is 12.3 Å². The van der Waals surface area contributed by atoms with E-state index in [4.69, 9.17) is 11.6 Å². The molecule has 1 heterocycles. The summed E-state index contributed by atoms with van der Waals surface area (Å²) in [5.41, 5.74) is 4.10. The van der Waals surface area contributed by atoms with E-state index in [1.807, 2.05) is 43.3 Å². The number of rotatable bonds is 2. The number of fused-ring (bicyclic) bond motifs is 1. The van der Waals surface area contributed by atoms with E-state index in [0.29, 0.717) is 10.6 Å². The van der Waals surface area contributed by atoms with Crippen LogP contribution in [0.3, 0.4) is 0 Å². The number of aryl methyl sites for hydroxylation is 1. The maximum atomic E-state index is 9.32. The summed E-state index contributed by atoms with van der Waals surface area (Å²) in [4.78, 5) is 4.29. The molecule has 1 aromatic heterocycles. The van der Waals surface area contributed by atoms with E-state index >= 15 is 0 Å². The van der Waals surface area contributed by atoms with Crippen molar-refractivity contribution in [2.75, 3.05) is 5.32 Å². The molecule has 0 atom stereocenters. The molecule has 0 saturated heterocycles. The van der Waals surface area contributed by atoms with E-state index in [0.717, 1.165) is 27.8 Å². The first-order chi connectivity index (χ1) is 10.2. The Hall–Kier alpha value is -2.28. The molecular formula is C17H13Cl2N3. The molecule has 110 valence electrons. The van der Waals surface area contributed by atoms with Crippen molar-refractivity contribution in [3.05, 3.63) is 64.8 Å². The topological polar surface area (TPSA) is 48.7 Å². The maximum absolute atomic E-state index is 9.32. The normalized spacial score (nSPS) is 9.86. The van der Waals surface area contributed by atoms with Gasteiger partial charge in [0.2, 0.25) is 0 Å². The van der Waals surface area contributed by atoms with E-state index in [9.17, 15) is 5.26 Å². The van der Waals surface area contributed by atoms with Crippen LogP contribution in [-0.4, -0.2) is 4.98 Å². The summed E-state index contributed by atoms with van der Waals surface area (Å²) in [6, 6.07) is 15.6. The number of hydrogen-bond donors (Lipinski definition) is 1. The third-order valence-corrected chi connectivity index (χ3v) is 3.47. The van der Waals surface area contributed by atoms with E-state index in [-0.39, 0.29) is 12.4 Å². The van der Waals surface area contributed by atoms with Gasteiger partial charge in [-0.1, -0.05) is 23.7 Å². The molecule has 0 aliphatic carbocycles. The lowest BCUT2D eigenvalue weighted by Crippen LogP contribution is -1.97. The molecule has 0 fully saturated rings. The number of nitrogens with one attached hydrogen (secondary N) is 1. The van der Waals surface area contributed by atoms with Crippen LogP contribution in [0.1, 0.15) is 11.1 Å². The number of benzene rings is 2. The van der Waals surface area contributed by atoms with E-state index in [2.05, 4.69) is 16.4 Å². The summed E-state index contributed by atoms with van der Waals surface area (Å²) >= 11 is 6.08. The fraction of sp³-hybridized carbons (Fsp3) is 0.0588. The molecule has 0 saturated carbocycles. The van der Waals surface area contributed by atoms with Gasteiger partial charge in [0.05, 0.1) is 16.8 Å². The molecule has 0 amide bonds. The molecule has 3 aromatic rings. The lowest BCUT2D eigenvalue weighted by molar-refractivity contribution is 1.36. The van der Waals surface area contributed by atoms with Gasteiger partial charge < -0.3 is 5.32 Å². The predicted octanol–water partition coefficient (Wildman–Crippen LogP) is 5.23. The van der Waals surface area contributed by atoms with Crippen LogP contribution >= 0.6 is 24.0 Å². The van der Waals surface area contributed by atoms with Gasteiger partial charge in [-0.05, 0) is 42.8 Å². The van der Waals surface area contributed by atoms with Crippen LogP contribution in [0.25, 0.3) is 10.9 Å². The Kier molecular flexibility index (Phi) is 4.87. The molecule has 0 bridgehead atoms. The van der Waals surface area contributed by atoms with Crippen LogP contribution in [0.15, 0.2) is 48.7 Å². The molecule has 0 spiro atoms. The fourth-order valence-electron chi connectivity index (χ4n) is 2.25. The van der Waals surface area contributed by atoms with Gasteiger partial charge >= 0.3 is 0 Å². The van der Waals surface area contributed by atoms with Crippen LogP contribution in [0.2, 0.25) is 5.02 Å². The lowest BCUT2D eigenvalue weighted by atomic mass is 10.1. The van der Waals surface area contributed by atoms with Crippen LogP contribution in [0.5, 0.6) is 0 Å². The largest absolute Gasteiger partial charge is 0.354 e. The van der Waals surface area contributed by atoms with Gasteiger partial charge in [-0.2, -0.15) is 5.26 Å². The zero-order valence-corrected chi connectivity index (χ0v) is 13.4. The van der Waals surface area contributed by atoms with E-state index < -0.39 is 0 Å². The molecule has 5 heteroatoms. The molecule has 0 unspecified atom stereocenters. The molecule has 3 nitrogen and oxygen atoms in total. The molecule has 3 rings (SSSR count). The number of nitriles is 1. The highest BCUT2D eigenvalue weighted by molar-refractivity contribution is 6.31. The van der Waals surface area contributed by atoms with Crippen molar-refractivity contribution < 1.29 is 0 Å². The van der Waals surface area contributed by atoms with Gasteiger partial charge in [0.1, 0.15) is 6.07 Å². The number of aromatic nitrogens is 1. The first-order valence-electron chi connectivity index (χ1n) is 6.49. The monoisotopic (exact) mass is 329 g/mol. The van der Waals surface area contributed by atoms with Crippen molar-refractivity contribution in [2.24, 2.45) is 0 Å². The van der Waals surface area contributed by atoms with Gasteiger partial charge in [-0.15, -0.1) is 12.4 Å². The van der Waals surface area contributed by atoms with Crippen LogP contribution in [0, 0.1) is 18.3 Å². The molecule has 22 heavy (non-hydrogen) atoms. The lowest BCUT2D eigenvalue weighted by Gasteiger charge is -2.12. The van der Waals surface area contributed by atoms with Gasteiger partial charge in [-0.3, -0.25) is 4.98 Å². The third kappa shape index (κ3) is 3.14. The number of hydrogen-bond acceptors (Lipinski definition) is 3. The van der Waals surface area contributed by atoms with Crippen molar-refractivity contribution in [3.63, 3.8) is 0 Å². The minimum atomic E-state index is 0. The highest BCUT2D eigenvalue weighted by atomic mass is 35.5. The Bertz CT molecular complexity index is 869.